The van der Waals surface area contributed by atoms with E-state index in [2.05, 4.69) is 33.2 Å². The number of nitrogens with one attached hydrogen (secondary N) is 1. The predicted octanol–water partition coefficient (Wildman–Crippen LogP) is 5.41. The molecule has 5 rings (SSSR count). The topological polar surface area (TPSA) is 57.6 Å². The number of piperidine rings is 1. The molecule has 4 heterocycles. The number of likely N-dealkylation sites (tertiary alicyclic amines) is 1. The van der Waals surface area contributed by atoms with Gasteiger partial charge in [0, 0.05) is 25.2 Å². The molecule has 0 bridgehead atoms. The van der Waals surface area contributed by atoms with Gasteiger partial charge < -0.3 is 19.7 Å². The Balaban J connectivity index is 1.37. The highest BCUT2D eigenvalue weighted by atomic mass is 32.1. The van der Waals surface area contributed by atoms with Crippen LogP contribution in [0.15, 0.2) is 17.5 Å². The zero-order valence-corrected chi connectivity index (χ0v) is 22.4. The Morgan fingerprint density at radius 3 is 2.66 bits per heavy atom. The van der Waals surface area contributed by atoms with Crippen molar-refractivity contribution in [3.63, 3.8) is 0 Å². The van der Waals surface area contributed by atoms with Gasteiger partial charge in [-0.05, 0) is 69.5 Å². The van der Waals surface area contributed by atoms with Crippen LogP contribution in [0.4, 0.5) is 0 Å². The number of thiophene rings is 1. The number of carbonyl (C=O) groups excluding carboxylic acids is 2. The lowest BCUT2D eigenvalue weighted by atomic mass is 9.93. The maximum Gasteiger partial charge on any atom is 0.271 e. The summed E-state index contributed by atoms with van der Waals surface area (Å²) in [6.07, 6.45) is 12.9. The molecule has 2 aliphatic heterocycles. The van der Waals surface area contributed by atoms with E-state index in [0.717, 1.165) is 48.3 Å². The van der Waals surface area contributed by atoms with Crippen LogP contribution in [0.1, 0.15) is 95.0 Å². The average molecular weight is 499 g/mol. The minimum absolute atomic E-state index is 0.00357. The largest absolute Gasteiger partial charge is 0.351 e. The molecule has 7 heteroatoms. The summed E-state index contributed by atoms with van der Waals surface area (Å²) in [5.41, 5.74) is 0.928. The minimum atomic E-state index is -0.879. The lowest BCUT2D eigenvalue weighted by Gasteiger charge is -2.45. The average Bonchev–Trinajstić information content (AvgIpc) is 3.36. The van der Waals surface area contributed by atoms with Crippen molar-refractivity contribution in [2.75, 3.05) is 19.6 Å². The van der Waals surface area contributed by atoms with Crippen LogP contribution in [0.25, 0.3) is 10.2 Å². The monoisotopic (exact) mass is 498 g/mol. The normalized spacial score (nSPS) is 26.6. The van der Waals surface area contributed by atoms with Crippen LogP contribution >= 0.6 is 11.3 Å². The molecule has 3 aliphatic rings. The second kappa shape index (κ2) is 10.6. The van der Waals surface area contributed by atoms with E-state index >= 15 is 0 Å². The standard InChI is InChI=1S/C28H42N4O2S/c1-3-22-13-8-9-15-30(22)16-10-17-32-26(33)24-19-25-23(14-18-35-25)31(24)20-28(32,2)27(34)29-21-11-6-4-5-7-12-21/h14,18-19,21-22H,3-13,15-17,20H2,1-2H3,(H,29,34)/t22-,28-/m0/s1. The van der Waals surface area contributed by atoms with Crippen molar-refractivity contribution in [1.82, 2.24) is 19.7 Å². The van der Waals surface area contributed by atoms with Gasteiger partial charge in [0.15, 0.2) is 0 Å². The molecule has 2 aromatic rings. The highest BCUT2D eigenvalue weighted by molar-refractivity contribution is 7.17. The molecule has 35 heavy (non-hydrogen) atoms. The highest BCUT2D eigenvalue weighted by Crippen LogP contribution is 2.35. The van der Waals surface area contributed by atoms with Crippen LogP contribution in [0.2, 0.25) is 0 Å². The molecule has 2 amide bonds. The number of rotatable bonds is 7. The van der Waals surface area contributed by atoms with Gasteiger partial charge in [0.1, 0.15) is 11.2 Å². The van der Waals surface area contributed by atoms with Gasteiger partial charge in [-0.15, -0.1) is 11.3 Å². The summed E-state index contributed by atoms with van der Waals surface area (Å²) in [4.78, 5) is 32.3. The van der Waals surface area contributed by atoms with Gasteiger partial charge in [-0.25, -0.2) is 0 Å². The molecule has 2 fully saturated rings. The molecule has 1 N–H and O–H groups in total. The van der Waals surface area contributed by atoms with Gasteiger partial charge in [0.25, 0.3) is 5.91 Å². The van der Waals surface area contributed by atoms with Gasteiger partial charge in [-0.2, -0.15) is 0 Å². The van der Waals surface area contributed by atoms with E-state index in [4.69, 9.17) is 0 Å². The van der Waals surface area contributed by atoms with Gasteiger partial charge in [0.2, 0.25) is 5.91 Å². The first-order valence-electron chi connectivity index (χ1n) is 13.9. The fourth-order valence-corrected chi connectivity index (χ4v) is 7.46. The highest BCUT2D eigenvalue weighted by Gasteiger charge is 2.48. The van der Waals surface area contributed by atoms with E-state index in [1.54, 1.807) is 11.3 Å². The van der Waals surface area contributed by atoms with Gasteiger partial charge in [0.05, 0.1) is 16.8 Å². The van der Waals surface area contributed by atoms with Crippen molar-refractivity contribution >= 4 is 33.4 Å². The SMILES string of the molecule is CC[C@H]1CCCCN1CCCN1C(=O)c2cc3sccc3n2C[C@@]1(C)C(=O)NC1CCCCCC1. The molecule has 0 radical (unpaired) electrons. The third-order valence-electron chi connectivity index (χ3n) is 8.78. The Morgan fingerprint density at radius 2 is 1.89 bits per heavy atom. The van der Waals surface area contributed by atoms with E-state index in [-0.39, 0.29) is 17.9 Å². The Morgan fingerprint density at radius 1 is 1.11 bits per heavy atom. The Kier molecular flexibility index (Phi) is 7.54. The zero-order chi connectivity index (χ0) is 24.4. The van der Waals surface area contributed by atoms with E-state index in [1.165, 1.54) is 51.4 Å². The van der Waals surface area contributed by atoms with Crippen molar-refractivity contribution < 1.29 is 9.59 Å². The lowest BCUT2D eigenvalue weighted by Crippen LogP contribution is -2.65. The minimum Gasteiger partial charge on any atom is -0.351 e. The van der Waals surface area contributed by atoms with Crippen LogP contribution in [-0.2, 0) is 11.3 Å². The molecule has 1 aliphatic carbocycles. The lowest BCUT2D eigenvalue weighted by molar-refractivity contribution is -0.133. The summed E-state index contributed by atoms with van der Waals surface area (Å²) < 4.78 is 3.22. The van der Waals surface area contributed by atoms with Crippen LogP contribution in [0.5, 0.6) is 0 Å². The summed E-state index contributed by atoms with van der Waals surface area (Å²) in [5.74, 6) is 0.0220. The van der Waals surface area contributed by atoms with Gasteiger partial charge in [-0.3, -0.25) is 9.59 Å². The number of amides is 2. The van der Waals surface area contributed by atoms with E-state index < -0.39 is 5.54 Å². The second-order valence-corrected chi connectivity index (χ2v) is 12.1. The van der Waals surface area contributed by atoms with Crippen molar-refractivity contribution in [2.45, 2.75) is 109 Å². The second-order valence-electron chi connectivity index (χ2n) is 11.1. The molecule has 1 saturated carbocycles. The summed E-state index contributed by atoms with van der Waals surface area (Å²) in [6, 6.07) is 4.99. The molecule has 1 saturated heterocycles. The molecule has 2 atom stereocenters. The maximum absolute atomic E-state index is 13.9. The number of hydrogen-bond acceptors (Lipinski definition) is 4. The predicted molar refractivity (Wildman–Crippen MR) is 143 cm³/mol. The maximum atomic E-state index is 13.9. The summed E-state index contributed by atoms with van der Waals surface area (Å²) in [5, 5.41) is 5.46. The van der Waals surface area contributed by atoms with E-state index in [0.29, 0.717) is 19.1 Å². The molecule has 192 valence electrons. The van der Waals surface area contributed by atoms with Gasteiger partial charge >= 0.3 is 0 Å². The molecule has 6 nitrogen and oxygen atoms in total. The Bertz CT molecular complexity index is 1040. The summed E-state index contributed by atoms with van der Waals surface area (Å²) in [6.45, 7) is 7.58. The van der Waals surface area contributed by atoms with Crippen molar-refractivity contribution in [3.05, 3.63) is 23.2 Å². The first-order valence-corrected chi connectivity index (χ1v) is 14.8. The van der Waals surface area contributed by atoms with Crippen LogP contribution in [-0.4, -0.2) is 63.4 Å². The summed E-state index contributed by atoms with van der Waals surface area (Å²) in [7, 11) is 0. The number of hydrogen-bond donors (Lipinski definition) is 1. The number of fused-ring (bicyclic) bond motifs is 3. The first-order chi connectivity index (χ1) is 17.0. The first kappa shape index (κ1) is 24.8. The third-order valence-corrected chi connectivity index (χ3v) is 9.63. The van der Waals surface area contributed by atoms with Crippen molar-refractivity contribution in [3.8, 4) is 0 Å². The van der Waals surface area contributed by atoms with Crippen LogP contribution in [0.3, 0.4) is 0 Å². The van der Waals surface area contributed by atoms with Crippen molar-refractivity contribution in [2.24, 2.45) is 0 Å². The van der Waals surface area contributed by atoms with Crippen molar-refractivity contribution in [1.29, 1.82) is 0 Å². The quantitative estimate of drug-likeness (QED) is 0.519. The fraction of sp³-hybridized carbons (Fsp3) is 0.714. The van der Waals surface area contributed by atoms with Crippen LogP contribution in [0, 0.1) is 0 Å². The fourth-order valence-electron chi connectivity index (χ4n) is 6.64. The molecule has 0 unspecified atom stereocenters. The zero-order valence-electron chi connectivity index (χ0n) is 21.6. The third kappa shape index (κ3) is 4.91. The molecule has 0 spiro atoms. The molecule has 0 aromatic carbocycles. The van der Waals surface area contributed by atoms with Gasteiger partial charge in [-0.1, -0.05) is 39.0 Å². The Labute approximate surface area is 214 Å². The number of aromatic nitrogens is 1. The number of nitrogens with zero attached hydrogens (tertiary/aromatic N) is 3. The Hall–Kier alpha value is -1.86. The smallest absolute Gasteiger partial charge is 0.271 e. The molecular formula is C28H42N4O2S. The molecular weight excluding hydrogens is 456 g/mol. The molecule has 2 aromatic heterocycles. The van der Waals surface area contributed by atoms with Crippen LogP contribution < -0.4 is 5.32 Å². The van der Waals surface area contributed by atoms with E-state index in [1.807, 2.05) is 17.9 Å². The number of carbonyl (C=O) groups is 2. The summed E-state index contributed by atoms with van der Waals surface area (Å²) >= 11 is 1.66. The van der Waals surface area contributed by atoms with E-state index in [9.17, 15) is 9.59 Å².